The SMILES string of the molecule is Cc1ccnc(NC(=O)Cc2c(C)nc(-c3ccccn3)[nH]c2=O)c1. The molecule has 25 heavy (non-hydrogen) atoms. The van der Waals surface area contributed by atoms with Crippen LogP contribution in [0, 0.1) is 13.8 Å². The fraction of sp³-hybridized carbons (Fsp3) is 0.167. The summed E-state index contributed by atoms with van der Waals surface area (Å²) in [6.45, 7) is 3.61. The number of aromatic nitrogens is 4. The number of hydrogen-bond acceptors (Lipinski definition) is 5. The molecule has 0 aliphatic carbocycles. The predicted octanol–water partition coefficient (Wildman–Crippen LogP) is 2.02. The lowest BCUT2D eigenvalue weighted by atomic mass is 10.1. The molecule has 3 rings (SSSR count). The summed E-state index contributed by atoms with van der Waals surface area (Å²) in [5.74, 6) is 0.517. The summed E-state index contributed by atoms with van der Waals surface area (Å²) in [4.78, 5) is 39.9. The summed E-state index contributed by atoms with van der Waals surface area (Å²) in [5.41, 5.74) is 2.03. The number of pyridine rings is 2. The molecular formula is C18H17N5O2. The fourth-order valence-corrected chi connectivity index (χ4v) is 2.39. The second-order valence-electron chi connectivity index (χ2n) is 5.64. The van der Waals surface area contributed by atoms with Crippen molar-refractivity contribution in [3.63, 3.8) is 0 Å². The lowest BCUT2D eigenvalue weighted by Gasteiger charge is -2.08. The van der Waals surface area contributed by atoms with Gasteiger partial charge in [-0.3, -0.25) is 14.6 Å². The fourth-order valence-electron chi connectivity index (χ4n) is 2.39. The molecule has 0 bridgehead atoms. The van der Waals surface area contributed by atoms with Crippen molar-refractivity contribution in [3.05, 3.63) is 69.9 Å². The van der Waals surface area contributed by atoms with Crippen LogP contribution < -0.4 is 10.9 Å². The zero-order chi connectivity index (χ0) is 17.8. The molecule has 0 unspecified atom stereocenters. The number of rotatable bonds is 4. The first-order chi connectivity index (χ1) is 12.0. The molecule has 3 heterocycles. The molecule has 0 fully saturated rings. The molecule has 3 aromatic rings. The molecule has 0 atom stereocenters. The molecule has 0 spiro atoms. The molecule has 7 heteroatoms. The molecule has 0 aliphatic rings. The maximum atomic E-state index is 12.4. The van der Waals surface area contributed by atoms with E-state index in [0.717, 1.165) is 5.56 Å². The van der Waals surface area contributed by atoms with E-state index in [1.165, 1.54) is 0 Å². The third kappa shape index (κ3) is 3.95. The second kappa shape index (κ2) is 7.04. The first-order valence-corrected chi connectivity index (χ1v) is 7.76. The maximum Gasteiger partial charge on any atom is 0.255 e. The molecule has 3 aromatic heterocycles. The van der Waals surface area contributed by atoms with Crippen molar-refractivity contribution in [2.75, 3.05) is 5.32 Å². The van der Waals surface area contributed by atoms with Crippen LogP contribution in [-0.4, -0.2) is 25.8 Å². The maximum absolute atomic E-state index is 12.4. The van der Waals surface area contributed by atoms with E-state index in [0.29, 0.717) is 28.6 Å². The summed E-state index contributed by atoms with van der Waals surface area (Å²) >= 11 is 0. The van der Waals surface area contributed by atoms with Crippen LogP contribution in [-0.2, 0) is 11.2 Å². The third-order valence-corrected chi connectivity index (χ3v) is 3.65. The van der Waals surface area contributed by atoms with Crippen LogP contribution in [0.15, 0.2) is 47.5 Å². The molecular weight excluding hydrogens is 318 g/mol. The Hall–Kier alpha value is -3.35. The quantitative estimate of drug-likeness (QED) is 0.760. The molecule has 2 N–H and O–H groups in total. The van der Waals surface area contributed by atoms with E-state index in [9.17, 15) is 9.59 Å². The minimum atomic E-state index is -0.347. The van der Waals surface area contributed by atoms with Gasteiger partial charge in [-0.2, -0.15) is 0 Å². The number of hydrogen-bond donors (Lipinski definition) is 2. The van der Waals surface area contributed by atoms with Crippen molar-refractivity contribution in [2.45, 2.75) is 20.3 Å². The summed E-state index contributed by atoms with van der Waals surface area (Å²) in [5, 5.41) is 2.69. The summed E-state index contributed by atoms with van der Waals surface area (Å²) < 4.78 is 0. The van der Waals surface area contributed by atoms with Crippen LogP contribution in [0.1, 0.15) is 16.8 Å². The van der Waals surface area contributed by atoms with Gasteiger partial charge in [0.2, 0.25) is 5.91 Å². The topological polar surface area (TPSA) is 101 Å². The standard InChI is InChI=1S/C18H17N5O2/c1-11-6-8-20-15(9-11)22-16(24)10-13-12(2)21-17(23-18(13)25)14-5-3-4-7-19-14/h3-9H,10H2,1-2H3,(H,20,22,24)(H,21,23,25). The largest absolute Gasteiger partial charge is 0.310 e. The lowest BCUT2D eigenvalue weighted by Crippen LogP contribution is -2.24. The van der Waals surface area contributed by atoms with E-state index < -0.39 is 0 Å². The Kier molecular flexibility index (Phi) is 4.65. The number of amides is 1. The van der Waals surface area contributed by atoms with Crippen LogP contribution >= 0.6 is 0 Å². The zero-order valence-electron chi connectivity index (χ0n) is 13.9. The van der Waals surface area contributed by atoms with Gasteiger partial charge in [-0.25, -0.2) is 9.97 Å². The molecule has 0 aliphatic heterocycles. The van der Waals surface area contributed by atoms with Crippen molar-refractivity contribution in [2.24, 2.45) is 0 Å². The highest BCUT2D eigenvalue weighted by Gasteiger charge is 2.14. The normalized spacial score (nSPS) is 10.5. The van der Waals surface area contributed by atoms with Gasteiger partial charge in [0.05, 0.1) is 6.42 Å². The van der Waals surface area contributed by atoms with Gasteiger partial charge in [-0.15, -0.1) is 0 Å². The average Bonchev–Trinajstić information content (AvgIpc) is 2.59. The summed E-state index contributed by atoms with van der Waals surface area (Å²) in [6, 6.07) is 8.95. The first-order valence-electron chi connectivity index (χ1n) is 7.76. The Labute approximate surface area is 144 Å². The third-order valence-electron chi connectivity index (χ3n) is 3.65. The van der Waals surface area contributed by atoms with Gasteiger partial charge < -0.3 is 10.3 Å². The average molecular weight is 335 g/mol. The number of anilines is 1. The number of nitrogens with one attached hydrogen (secondary N) is 2. The van der Waals surface area contributed by atoms with Crippen molar-refractivity contribution in [1.82, 2.24) is 19.9 Å². The number of aryl methyl sites for hydroxylation is 2. The van der Waals surface area contributed by atoms with Crippen LogP contribution in [0.5, 0.6) is 0 Å². The molecule has 1 amide bonds. The number of aromatic amines is 1. The van der Waals surface area contributed by atoms with Gasteiger partial charge in [-0.05, 0) is 43.7 Å². The Morgan fingerprint density at radius 1 is 1.16 bits per heavy atom. The van der Waals surface area contributed by atoms with E-state index in [4.69, 9.17) is 0 Å². The summed E-state index contributed by atoms with van der Waals surface area (Å²) in [6.07, 6.45) is 3.17. The van der Waals surface area contributed by atoms with E-state index in [1.54, 1.807) is 37.5 Å². The Balaban J connectivity index is 1.81. The minimum absolute atomic E-state index is 0.0771. The molecule has 0 saturated heterocycles. The van der Waals surface area contributed by atoms with Gasteiger partial charge in [0, 0.05) is 23.7 Å². The van der Waals surface area contributed by atoms with E-state index in [2.05, 4.69) is 25.3 Å². The zero-order valence-corrected chi connectivity index (χ0v) is 13.9. The minimum Gasteiger partial charge on any atom is -0.310 e. The lowest BCUT2D eigenvalue weighted by molar-refractivity contribution is -0.115. The van der Waals surface area contributed by atoms with Gasteiger partial charge in [0.25, 0.3) is 5.56 Å². The highest BCUT2D eigenvalue weighted by Crippen LogP contribution is 2.12. The number of carbonyl (C=O) groups excluding carboxylic acids is 1. The van der Waals surface area contributed by atoms with Crippen molar-refractivity contribution < 1.29 is 4.79 Å². The van der Waals surface area contributed by atoms with Crippen LogP contribution in [0.4, 0.5) is 5.82 Å². The molecule has 7 nitrogen and oxygen atoms in total. The van der Waals surface area contributed by atoms with Crippen LogP contribution in [0.3, 0.4) is 0 Å². The van der Waals surface area contributed by atoms with Gasteiger partial charge in [0.1, 0.15) is 11.5 Å². The number of carbonyl (C=O) groups is 1. The highest BCUT2D eigenvalue weighted by atomic mass is 16.2. The monoisotopic (exact) mass is 335 g/mol. The Morgan fingerprint density at radius 3 is 2.68 bits per heavy atom. The van der Waals surface area contributed by atoms with E-state index in [-0.39, 0.29) is 17.9 Å². The first kappa shape index (κ1) is 16.5. The molecule has 126 valence electrons. The second-order valence-corrected chi connectivity index (χ2v) is 5.64. The number of H-pyrrole nitrogens is 1. The van der Waals surface area contributed by atoms with Crippen LogP contribution in [0.25, 0.3) is 11.5 Å². The van der Waals surface area contributed by atoms with E-state index in [1.807, 2.05) is 19.1 Å². The van der Waals surface area contributed by atoms with Gasteiger partial charge in [0.15, 0.2) is 5.82 Å². The van der Waals surface area contributed by atoms with Crippen molar-refractivity contribution >= 4 is 11.7 Å². The predicted molar refractivity (Wildman–Crippen MR) is 94.1 cm³/mol. The van der Waals surface area contributed by atoms with Gasteiger partial charge in [-0.1, -0.05) is 6.07 Å². The highest BCUT2D eigenvalue weighted by molar-refractivity contribution is 5.91. The van der Waals surface area contributed by atoms with Crippen molar-refractivity contribution in [3.8, 4) is 11.5 Å². The van der Waals surface area contributed by atoms with Crippen molar-refractivity contribution in [1.29, 1.82) is 0 Å². The smallest absolute Gasteiger partial charge is 0.255 e. The molecule has 0 radical (unpaired) electrons. The summed E-state index contributed by atoms with van der Waals surface area (Å²) in [7, 11) is 0. The Bertz CT molecular complexity index is 967. The van der Waals surface area contributed by atoms with E-state index >= 15 is 0 Å². The molecule has 0 saturated carbocycles. The Morgan fingerprint density at radius 2 is 2.00 bits per heavy atom. The van der Waals surface area contributed by atoms with Gasteiger partial charge >= 0.3 is 0 Å². The number of nitrogens with zero attached hydrogens (tertiary/aromatic N) is 3. The molecule has 0 aromatic carbocycles. The van der Waals surface area contributed by atoms with Crippen LogP contribution in [0.2, 0.25) is 0 Å².